The van der Waals surface area contributed by atoms with Crippen LogP contribution in [0.1, 0.15) is 55.5 Å². The van der Waals surface area contributed by atoms with Gasteiger partial charge in [-0.3, -0.25) is 4.79 Å². The van der Waals surface area contributed by atoms with E-state index in [1.165, 1.54) is 46.3 Å². The molecule has 2 aromatic carbocycles. The maximum Gasteiger partial charge on any atom is 0.253 e. The number of fused-ring (bicyclic) bond motifs is 1. The van der Waals surface area contributed by atoms with Crippen molar-refractivity contribution in [1.29, 1.82) is 0 Å². The van der Waals surface area contributed by atoms with Gasteiger partial charge in [-0.2, -0.15) is 4.31 Å². The van der Waals surface area contributed by atoms with Gasteiger partial charge in [-0.1, -0.05) is 37.7 Å². The highest BCUT2D eigenvalue weighted by Crippen LogP contribution is 2.34. The number of likely N-dealkylation sites (N-methyl/N-ethyl adjacent to an activating group) is 1. The average Bonchev–Trinajstić information content (AvgIpc) is 3.42. The first kappa shape index (κ1) is 28.1. The normalized spacial score (nSPS) is 22.2. The van der Waals surface area contributed by atoms with Gasteiger partial charge in [0.2, 0.25) is 10.0 Å². The monoisotopic (exact) mass is 542 g/mol. The molecular weight excluding hydrogens is 507 g/mol. The van der Waals surface area contributed by atoms with Crippen LogP contribution in [0, 0.1) is 29.5 Å². The van der Waals surface area contributed by atoms with Gasteiger partial charge in [-0.15, -0.1) is 0 Å². The number of carbonyl (C=O) groups is 1. The zero-order valence-corrected chi connectivity index (χ0v) is 22.9. The molecule has 0 spiro atoms. The maximum atomic E-state index is 13.7. The highest BCUT2D eigenvalue weighted by molar-refractivity contribution is 7.89. The fourth-order valence-corrected chi connectivity index (χ4v) is 6.80. The van der Waals surface area contributed by atoms with Gasteiger partial charge in [0.25, 0.3) is 5.91 Å². The second kappa shape index (κ2) is 11.9. The topological polar surface area (TPSA) is 87.2 Å². The van der Waals surface area contributed by atoms with Crippen LogP contribution in [0.3, 0.4) is 0 Å². The Bertz CT molecular complexity index is 1330. The quantitative estimate of drug-likeness (QED) is 0.579. The van der Waals surface area contributed by atoms with Gasteiger partial charge in [-0.25, -0.2) is 12.8 Å². The molecule has 1 amide bonds. The third-order valence-electron chi connectivity index (χ3n) is 7.32. The average molecular weight is 543 g/mol. The summed E-state index contributed by atoms with van der Waals surface area (Å²) in [4.78, 5) is 14.5. The largest absolute Gasteiger partial charge is 0.487 e. The highest BCUT2D eigenvalue weighted by atomic mass is 32.2. The van der Waals surface area contributed by atoms with Crippen molar-refractivity contribution in [2.45, 2.75) is 56.6 Å². The molecule has 38 heavy (non-hydrogen) atoms. The van der Waals surface area contributed by atoms with Gasteiger partial charge in [0.15, 0.2) is 0 Å². The van der Waals surface area contributed by atoms with Crippen molar-refractivity contribution in [3.63, 3.8) is 0 Å². The fraction of sp³-hybridized carbons (Fsp3) is 0.483. The minimum Gasteiger partial charge on any atom is -0.487 e. The fourth-order valence-electron chi connectivity index (χ4n) is 4.97. The van der Waals surface area contributed by atoms with Crippen LogP contribution in [0.5, 0.6) is 5.75 Å². The van der Waals surface area contributed by atoms with Crippen LogP contribution in [0.4, 0.5) is 4.39 Å². The summed E-state index contributed by atoms with van der Waals surface area (Å²) in [6.45, 7) is 3.42. The number of aliphatic hydroxyl groups excluding tert-OH is 1. The maximum absolute atomic E-state index is 13.7. The molecule has 1 N–H and O–H groups in total. The Labute approximate surface area is 224 Å². The standard InChI is InChI=1S/C29H35FN2O5S/c1-20-17-32(21(2)19-33)38(35,36)28-14-13-23(12-11-22-7-4-5-8-22)15-26(28)37-27(20)18-31(3)29(34)24-9-6-10-25(30)16-24/h6,9-10,13-16,20-22,27,33H,4-5,7-8,17-19H2,1-3H3/t20-,21+,27+/m0/s1. The van der Waals surface area contributed by atoms with Gasteiger partial charge < -0.3 is 14.7 Å². The molecule has 3 atom stereocenters. The van der Waals surface area contributed by atoms with Crippen LogP contribution in [-0.2, 0) is 10.0 Å². The van der Waals surface area contributed by atoms with Crippen LogP contribution in [-0.4, -0.2) is 67.5 Å². The number of rotatable bonds is 5. The molecule has 7 nitrogen and oxygen atoms in total. The Kier molecular flexibility index (Phi) is 8.76. The number of hydrogen-bond donors (Lipinski definition) is 1. The molecule has 4 rings (SSSR count). The SMILES string of the molecule is C[C@H](CO)N1C[C@H](C)[C@@H](CN(C)C(=O)c2cccc(F)c2)Oc2cc(C#CC3CCCC3)ccc2S1(=O)=O. The first-order chi connectivity index (χ1) is 18.1. The molecule has 0 aromatic heterocycles. The van der Waals surface area contributed by atoms with E-state index in [4.69, 9.17) is 4.74 Å². The van der Waals surface area contributed by atoms with E-state index in [-0.39, 0.29) is 47.7 Å². The Balaban J connectivity index is 1.69. The van der Waals surface area contributed by atoms with E-state index in [0.717, 1.165) is 12.8 Å². The van der Waals surface area contributed by atoms with E-state index >= 15 is 0 Å². The number of halogens is 1. The van der Waals surface area contributed by atoms with Crippen molar-refractivity contribution in [2.75, 3.05) is 26.7 Å². The van der Waals surface area contributed by atoms with E-state index in [1.54, 1.807) is 32.2 Å². The third-order valence-corrected chi connectivity index (χ3v) is 9.33. The number of benzene rings is 2. The summed E-state index contributed by atoms with van der Waals surface area (Å²) in [5.41, 5.74) is 0.873. The Morgan fingerprint density at radius 1 is 1.24 bits per heavy atom. The number of hydrogen-bond acceptors (Lipinski definition) is 5. The van der Waals surface area contributed by atoms with Gasteiger partial charge in [0.1, 0.15) is 22.6 Å². The Hall–Kier alpha value is -2.93. The van der Waals surface area contributed by atoms with Crippen LogP contribution in [0.2, 0.25) is 0 Å². The van der Waals surface area contributed by atoms with E-state index in [2.05, 4.69) is 11.8 Å². The molecule has 2 aliphatic rings. The lowest BCUT2D eigenvalue weighted by Gasteiger charge is -2.37. The molecule has 204 valence electrons. The third kappa shape index (κ3) is 6.20. The van der Waals surface area contributed by atoms with E-state index in [1.807, 2.05) is 6.92 Å². The molecular formula is C29H35FN2O5S. The van der Waals surface area contributed by atoms with Crippen molar-refractivity contribution in [1.82, 2.24) is 9.21 Å². The van der Waals surface area contributed by atoms with E-state index < -0.39 is 28.0 Å². The molecule has 0 unspecified atom stereocenters. The molecule has 0 radical (unpaired) electrons. The smallest absolute Gasteiger partial charge is 0.253 e. The minimum absolute atomic E-state index is 0.000210. The summed E-state index contributed by atoms with van der Waals surface area (Å²) in [7, 11) is -2.36. The predicted molar refractivity (Wildman–Crippen MR) is 143 cm³/mol. The van der Waals surface area contributed by atoms with Crippen molar-refractivity contribution >= 4 is 15.9 Å². The van der Waals surface area contributed by atoms with Crippen LogP contribution < -0.4 is 4.74 Å². The lowest BCUT2D eigenvalue weighted by atomic mass is 10.0. The summed E-state index contributed by atoms with van der Waals surface area (Å²) in [5.74, 6) is 5.79. The van der Waals surface area contributed by atoms with E-state index in [9.17, 15) is 22.7 Å². The molecule has 1 aliphatic carbocycles. The molecule has 1 heterocycles. The zero-order valence-electron chi connectivity index (χ0n) is 22.1. The summed E-state index contributed by atoms with van der Waals surface area (Å²) in [6.07, 6.45) is 3.92. The van der Waals surface area contributed by atoms with Crippen molar-refractivity contribution in [3.05, 3.63) is 59.4 Å². The van der Waals surface area contributed by atoms with Crippen LogP contribution in [0.15, 0.2) is 47.4 Å². The second-order valence-corrected chi connectivity index (χ2v) is 12.2. The number of nitrogens with zero attached hydrogens (tertiary/aromatic N) is 2. The van der Waals surface area contributed by atoms with Crippen molar-refractivity contribution in [2.24, 2.45) is 11.8 Å². The van der Waals surface area contributed by atoms with Crippen molar-refractivity contribution < 1.29 is 27.4 Å². The Morgan fingerprint density at radius 2 is 1.97 bits per heavy atom. The van der Waals surface area contributed by atoms with Gasteiger partial charge in [-0.05, 0) is 56.2 Å². The first-order valence-corrected chi connectivity index (χ1v) is 14.5. The number of carbonyl (C=O) groups excluding carboxylic acids is 1. The predicted octanol–water partition coefficient (Wildman–Crippen LogP) is 3.91. The number of ether oxygens (including phenoxy) is 1. The number of sulfonamides is 1. The Morgan fingerprint density at radius 3 is 2.66 bits per heavy atom. The number of amides is 1. The molecule has 1 saturated carbocycles. The first-order valence-electron chi connectivity index (χ1n) is 13.1. The molecule has 9 heteroatoms. The summed E-state index contributed by atoms with van der Waals surface area (Å²) in [6, 6.07) is 9.68. The second-order valence-electron chi connectivity index (χ2n) is 10.3. The van der Waals surface area contributed by atoms with E-state index in [0.29, 0.717) is 11.5 Å². The number of aliphatic hydroxyl groups is 1. The van der Waals surface area contributed by atoms with Crippen molar-refractivity contribution in [3.8, 4) is 17.6 Å². The summed E-state index contributed by atoms with van der Waals surface area (Å²) < 4.78 is 48.7. The molecule has 2 aromatic rings. The lowest BCUT2D eigenvalue weighted by molar-refractivity contribution is 0.0563. The van der Waals surface area contributed by atoms with Gasteiger partial charge in [0.05, 0.1) is 13.2 Å². The summed E-state index contributed by atoms with van der Waals surface area (Å²) in [5, 5.41) is 9.83. The van der Waals surface area contributed by atoms with Gasteiger partial charge >= 0.3 is 0 Å². The highest BCUT2D eigenvalue weighted by Gasteiger charge is 2.38. The molecule has 1 fully saturated rings. The van der Waals surface area contributed by atoms with Crippen LogP contribution >= 0.6 is 0 Å². The van der Waals surface area contributed by atoms with Gasteiger partial charge in [0, 0.05) is 42.6 Å². The summed E-state index contributed by atoms with van der Waals surface area (Å²) >= 11 is 0. The lowest BCUT2D eigenvalue weighted by Crippen LogP contribution is -2.50. The molecule has 0 saturated heterocycles. The zero-order chi connectivity index (χ0) is 27.4. The molecule has 0 bridgehead atoms. The molecule has 1 aliphatic heterocycles. The van der Waals surface area contributed by atoms with Crippen LogP contribution in [0.25, 0.3) is 0 Å². The minimum atomic E-state index is -3.97.